The Hall–Kier alpha value is -2.29. The van der Waals surface area contributed by atoms with E-state index in [0.29, 0.717) is 24.1 Å². The van der Waals surface area contributed by atoms with E-state index in [0.717, 1.165) is 5.75 Å². The van der Waals surface area contributed by atoms with Crippen LogP contribution in [-0.2, 0) is 4.79 Å². The van der Waals surface area contributed by atoms with Crippen LogP contribution in [0.4, 0.5) is 0 Å². The average Bonchev–Trinajstić information content (AvgIpc) is 3.08. The number of amides is 1. The molecule has 2 heterocycles. The monoisotopic (exact) mass is 363 g/mol. The summed E-state index contributed by atoms with van der Waals surface area (Å²) < 4.78 is 13.3. The first-order valence-electron chi connectivity index (χ1n) is 8.07. The second-order valence-electron chi connectivity index (χ2n) is 6.06. The van der Waals surface area contributed by atoms with Gasteiger partial charge in [0.05, 0.1) is 18.3 Å². The predicted molar refractivity (Wildman–Crippen MR) is 92.9 cm³/mol. The van der Waals surface area contributed by atoms with Crippen LogP contribution in [0.15, 0.2) is 29.4 Å². The Morgan fingerprint density at radius 3 is 2.92 bits per heavy atom. The van der Waals surface area contributed by atoms with Crippen molar-refractivity contribution in [1.29, 1.82) is 0 Å². The molecule has 8 nitrogen and oxygen atoms in total. The molecule has 1 aromatic heterocycles. The van der Waals surface area contributed by atoms with Crippen LogP contribution in [0.3, 0.4) is 0 Å². The third-order valence-corrected chi connectivity index (χ3v) is 4.67. The van der Waals surface area contributed by atoms with Crippen LogP contribution >= 0.6 is 11.8 Å². The summed E-state index contributed by atoms with van der Waals surface area (Å²) in [6, 6.07) is 7.69. The van der Waals surface area contributed by atoms with Crippen molar-refractivity contribution >= 4 is 17.7 Å². The van der Waals surface area contributed by atoms with E-state index in [1.54, 1.807) is 16.6 Å². The Labute approximate surface area is 150 Å². The van der Waals surface area contributed by atoms with Crippen molar-refractivity contribution in [3.05, 3.63) is 24.3 Å². The molecule has 0 N–H and O–H groups in total. The number of carbonyl (C=O) groups is 1. The van der Waals surface area contributed by atoms with Crippen molar-refractivity contribution in [2.45, 2.75) is 31.1 Å². The highest BCUT2D eigenvalue weighted by molar-refractivity contribution is 7.99. The van der Waals surface area contributed by atoms with E-state index in [1.807, 2.05) is 38.1 Å². The molecule has 1 amide bonds. The molecule has 0 saturated heterocycles. The third-order valence-electron chi connectivity index (χ3n) is 3.75. The normalized spacial score (nSPS) is 16.1. The van der Waals surface area contributed by atoms with Gasteiger partial charge in [0.15, 0.2) is 17.6 Å². The molecule has 0 radical (unpaired) electrons. The summed E-state index contributed by atoms with van der Waals surface area (Å²) >= 11 is 1.33. The number of tetrazole rings is 1. The molecule has 0 bridgehead atoms. The Balaban J connectivity index is 1.51. The van der Waals surface area contributed by atoms with Crippen LogP contribution in [0, 0.1) is 0 Å². The van der Waals surface area contributed by atoms with Crippen LogP contribution in [-0.4, -0.2) is 63.1 Å². The molecule has 2 aromatic rings. The highest BCUT2D eigenvalue weighted by Gasteiger charge is 2.24. The van der Waals surface area contributed by atoms with Crippen LogP contribution in [0.1, 0.15) is 19.9 Å². The van der Waals surface area contributed by atoms with Gasteiger partial charge >= 0.3 is 0 Å². The first-order valence-corrected chi connectivity index (χ1v) is 9.06. The third kappa shape index (κ3) is 4.22. The molecule has 0 unspecified atom stereocenters. The lowest BCUT2D eigenvalue weighted by Gasteiger charge is -2.29. The number of nitrogens with zero attached hydrogens (tertiary/aromatic N) is 5. The molecule has 1 aromatic carbocycles. The van der Waals surface area contributed by atoms with Crippen molar-refractivity contribution in [3.8, 4) is 11.5 Å². The van der Waals surface area contributed by atoms with Gasteiger partial charge in [-0.1, -0.05) is 23.9 Å². The lowest BCUT2D eigenvalue weighted by atomic mass is 10.2. The Morgan fingerprint density at radius 2 is 2.16 bits per heavy atom. The Bertz CT molecular complexity index is 736. The van der Waals surface area contributed by atoms with E-state index in [2.05, 4.69) is 15.5 Å². The summed E-state index contributed by atoms with van der Waals surface area (Å²) in [4.78, 5) is 14.0. The fourth-order valence-electron chi connectivity index (χ4n) is 2.40. The molecular formula is C16H21N5O3S. The van der Waals surface area contributed by atoms with E-state index in [4.69, 9.17) is 9.47 Å². The topological polar surface area (TPSA) is 82.4 Å². The van der Waals surface area contributed by atoms with E-state index in [1.165, 1.54) is 11.8 Å². The second-order valence-corrected chi connectivity index (χ2v) is 7.00. The SMILES string of the molecule is CC(C)n1nnnc1SCC(=O)N(C)C[C@@H]1COc2ccccc2O1. The van der Waals surface area contributed by atoms with Crippen molar-refractivity contribution in [3.63, 3.8) is 0 Å². The number of fused-ring (bicyclic) bond motifs is 1. The van der Waals surface area contributed by atoms with E-state index < -0.39 is 0 Å². The standard InChI is InChI=1S/C16H21N5O3S/c1-11(2)21-16(17-18-19-21)25-10-15(22)20(3)8-12-9-23-13-6-4-5-7-14(13)24-12/h4-7,11-12H,8-10H2,1-3H3/t12-/m1/s1. The smallest absolute Gasteiger partial charge is 0.232 e. The van der Waals surface area contributed by atoms with Crippen LogP contribution in [0.25, 0.3) is 0 Å². The first-order chi connectivity index (χ1) is 12.0. The van der Waals surface area contributed by atoms with Gasteiger partial charge in [0, 0.05) is 7.05 Å². The number of carbonyl (C=O) groups excluding carboxylic acids is 1. The number of para-hydroxylation sites is 2. The quantitative estimate of drug-likeness (QED) is 0.722. The molecule has 9 heteroatoms. The van der Waals surface area contributed by atoms with Gasteiger partial charge in [-0.15, -0.1) is 5.10 Å². The maximum absolute atomic E-state index is 12.4. The van der Waals surface area contributed by atoms with Gasteiger partial charge in [0.2, 0.25) is 11.1 Å². The molecule has 25 heavy (non-hydrogen) atoms. The minimum atomic E-state index is -0.185. The van der Waals surface area contributed by atoms with E-state index in [-0.39, 0.29) is 23.8 Å². The summed E-state index contributed by atoms with van der Waals surface area (Å²) in [5, 5.41) is 12.2. The van der Waals surface area contributed by atoms with Gasteiger partial charge in [0.25, 0.3) is 0 Å². The Morgan fingerprint density at radius 1 is 1.40 bits per heavy atom. The molecule has 0 fully saturated rings. The van der Waals surface area contributed by atoms with Crippen LogP contribution in [0.2, 0.25) is 0 Å². The van der Waals surface area contributed by atoms with E-state index in [9.17, 15) is 4.79 Å². The zero-order valence-corrected chi connectivity index (χ0v) is 15.3. The average molecular weight is 363 g/mol. The zero-order valence-electron chi connectivity index (χ0n) is 14.5. The molecule has 3 rings (SSSR count). The van der Waals surface area contributed by atoms with Crippen molar-refractivity contribution < 1.29 is 14.3 Å². The van der Waals surface area contributed by atoms with Gasteiger partial charge in [-0.2, -0.15) is 0 Å². The minimum absolute atomic E-state index is 0.00855. The number of rotatable bonds is 6. The maximum atomic E-state index is 12.4. The largest absolute Gasteiger partial charge is 0.486 e. The molecule has 0 saturated carbocycles. The molecule has 134 valence electrons. The van der Waals surface area contributed by atoms with Crippen molar-refractivity contribution in [1.82, 2.24) is 25.1 Å². The van der Waals surface area contributed by atoms with Crippen LogP contribution < -0.4 is 9.47 Å². The molecule has 1 aliphatic heterocycles. The summed E-state index contributed by atoms with van der Waals surface area (Å²) in [6.45, 7) is 4.87. The molecular weight excluding hydrogens is 342 g/mol. The summed E-state index contributed by atoms with van der Waals surface area (Å²) in [5.41, 5.74) is 0. The fraction of sp³-hybridized carbons (Fsp3) is 0.500. The highest BCUT2D eigenvalue weighted by atomic mass is 32.2. The van der Waals surface area contributed by atoms with Crippen LogP contribution in [0.5, 0.6) is 11.5 Å². The number of hydrogen-bond donors (Lipinski definition) is 0. The van der Waals surface area contributed by atoms with Gasteiger partial charge in [-0.05, 0) is 36.4 Å². The second kappa shape index (κ2) is 7.73. The minimum Gasteiger partial charge on any atom is -0.486 e. The number of benzene rings is 1. The number of ether oxygens (including phenoxy) is 2. The molecule has 0 spiro atoms. The summed E-state index contributed by atoms with van der Waals surface area (Å²) in [5.74, 6) is 1.72. The number of likely N-dealkylation sites (N-methyl/N-ethyl adjacent to an activating group) is 1. The predicted octanol–water partition coefficient (Wildman–Crippen LogP) is 1.64. The van der Waals surface area contributed by atoms with E-state index >= 15 is 0 Å². The van der Waals surface area contributed by atoms with Gasteiger partial charge < -0.3 is 14.4 Å². The Kier molecular flexibility index (Phi) is 5.42. The molecule has 0 aliphatic carbocycles. The lowest BCUT2D eigenvalue weighted by Crippen LogP contribution is -2.42. The van der Waals surface area contributed by atoms with Gasteiger partial charge in [-0.25, -0.2) is 4.68 Å². The van der Waals surface area contributed by atoms with Crippen molar-refractivity contribution in [2.75, 3.05) is 26.0 Å². The number of thioether (sulfide) groups is 1. The molecule has 1 aliphatic rings. The first kappa shape index (κ1) is 17.5. The van der Waals surface area contributed by atoms with Gasteiger partial charge in [0.1, 0.15) is 6.61 Å². The number of hydrogen-bond acceptors (Lipinski definition) is 7. The highest BCUT2D eigenvalue weighted by Crippen LogP contribution is 2.31. The molecule has 1 atom stereocenters. The number of aromatic nitrogens is 4. The van der Waals surface area contributed by atoms with Gasteiger partial charge in [-0.3, -0.25) is 4.79 Å². The maximum Gasteiger partial charge on any atom is 0.232 e. The fourth-order valence-corrected chi connectivity index (χ4v) is 3.35. The van der Waals surface area contributed by atoms with Crippen molar-refractivity contribution in [2.24, 2.45) is 0 Å². The zero-order chi connectivity index (χ0) is 17.8. The summed E-state index contributed by atoms with van der Waals surface area (Å²) in [6.07, 6.45) is -0.185. The summed E-state index contributed by atoms with van der Waals surface area (Å²) in [7, 11) is 1.76. The lowest BCUT2D eigenvalue weighted by molar-refractivity contribution is -0.128.